The number of rotatable bonds is 2. The highest BCUT2D eigenvalue weighted by molar-refractivity contribution is 7.89. The first kappa shape index (κ1) is 13.9. The van der Waals surface area contributed by atoms with Gasteiger partial charge in [0.15, 0.2) is 0 Å². The van der Waals surface area contributed by atoms with Crippen molar-refractivity contribution in [1.82, 2.24) is 4.31 Å². The number of aryl methyl sites for hydroxylation is 1. The minimum atomic E-state index is -3.49. The van der Waals surface area contributed by atoms with Crippen molar-refractivity contribution in [2.45, 2.75) is 43.2 Å². The van der Waals surface area contributed by atoms with Gasteiger partial charge >= 0.3 is 0 Å². The molecule has 5 nitrogen and oxygen atoms in total. The molecule has 2 fully saturated rings. The third-order valence-corrected chi connectivity index (χ3v) is 6.01. The van der Waals surface area contributed by atoms with Crippen LogP contribution in [0.2, 0.25) is 0 Å². The van der Waals surface area contributed by atoms with Crippen LogP contribution in [-0.2, 0) is 14.8 Å². The highest BCUT2D eigenvalue weighted by Gasteiger charge is 2.42. The number of fused-ring (bicyclic) bond motifs is 1. The average molecular weight is 296 g/mol. The number of morpholine rings is 1. The second kappa shape index (κ2) is 5.02. The number of nitrogens with zero attached hydrogens (tertiary/aromatic N) is 1. The second-order valence-electron chi connectivity index (χ2n) is 5.60. The molecule has 2 N–H and O–H groups in total. The summed E-state index contributed by atoms with van der Waals surface area (Å²) in [6, 6.07) is 4.99. The monoisotopic (exact) mass is 296 g/mol. The Morgan fingerprint density at radius 3 is 2.85 bits per heavy atom. The summed E-state index contributed by atoms with van der Waals surface area (Å²) < 4.78 is 33.0. The lowest BCUT2D eigenvalue weighted by molar-refractivity contribution is -0.0241. The predicted molar refractivity (Wildman–Crippen MR) is 76.9 cm³/mol. The zero-order valence-corrected chi connectivity index (χ0v) is 12.4. The number of sulfonamides is 1. The van der Waals surface area contributed by atoms with E-state index in [0.29, 0.717) is 23.7 Å². The summed E-state index contributed by atoms with van der Waals surface area (Å²) in [6.07, 6.45) is 2.91. The van der Waals surface area contributed by atoms with E-state index in [1.807, 2.05) is 6.92 Å². The molecule has 1 aromatic carbocycles. The Labute approximate surface area is 119 Å². The fraction of sp³-hybridized carbons (Fsp3) is 0.571. The van der Waals surface area contributed by atoms with Crippen LogP contribution >= 0.6 is 0 Å². The molecule has 110 valence electrons. The first-order valence-corrected chi connectivity index (χ1v) is 8.43. The molecule has 1 aliphatic heterocycles. The number of hydrogen-bond acceptors (Lipinski definition) is 4. The van der Waals surface area contributed by atoms with E-state index in [4.69, 9.17) is 10.5 Å². The van der Waals surface area contributed by atoms with Crippen molar-refractivity contribution in [3.63, 3.8) is 0 Å². The highest BCUT2D eigenvalue weighted by atomic mass is 32.2. The first-order valence-electron chi connectivity index (χ1n) is 6.99. The Bertz CT molecular complexity index is 595. The summed E-state index contributed by atoms with van der Waals surface area (Å²) in [5.41, 5.74) is 7.13. The van der Waals surface area contributed by atoms with E-state index in [1.165, 1.54) is 0 Å². The molecule has 2 atom stereocenters. The predicted octanol–water partition coefficient (Wildman–Crippen LogP) is 1.52. The summed E-state index contributed by atoms with van der Waals surface area (Å²) in [5, 5.41) is 0. The van der Waals surface area contributed by atoms with E-state index in [2.05, 4.69) is 0 Å². The van der Waals surface area contributed by atoms with Crippen LogP contribution in [0.3, 0.4) is 0 Å². The van der Waals surface area contributed by atoms with Crippen LogP contribution in [0.15, 0.2) is 23.1 Å². The standard InChI is InChI=1S/C14H20N2O3S/c1-10-7-11(15)9-12(8-10)20(17,18)16-5-6-19-14-4-2-3-13(14)16/h7-9,13-14H,2-6,15H2,1H3. The maximum atomic E-state index is 12.8. The quantitative estimate of drug-likeness (QED) is 0.840. The lowest BCUT2D eigenvalue weighted by atomic mass is 10.2. The van der Waals surface area contributed by atoms with Crippen molar-refractivity contribution < 1.29 is 13.2 Å². The van der Waals surface area contributed by atoms with Gasteiger partial charge in [0.05, 0.1) is 23.6 Å². The van der Waals surface area contributed by atoms with E-state index in [0.717, 1.165) is 24.8 Å². The van der Waals surface area contributed by atoms with Gasteiger partial charge in [-0.25, -0.2) is 8.42 Å². The fourth-order valence-corrected chi connectivity index (χ4v) is 5.05. The van der Waals surface area contributed by atoms with Gasteiger partial charge < -0.3 is 10.5 Å². The second-order valence-corrected chi connectivity index (χ2v) is 7.49. The van der Waals surface area contributed by atoms with Gasteiger partial charge in [0.2, 0.25) is 10.0 Å². The average Bonchev–Trinajstić information content (AvgIpc) is 2.85. The van der Waals surface area contributed by atoms with Crippen molar-refractivity contribution >= 4 is 15.7 Å². The third kappa shape index (κ3) is 2.32. The summed E-state index contributed by atoms with van der Waals surface area (Å²) in [7, 11) is -3.49. The topological polar surface area (TPSA) is 72.6 Å². The molecule has 3 rings (SSSR count). The first-order chi connectivity index (χ1) is 9.48. The van der Waals surface area contributed by atoms with Gasteiger partial charge in [-0.05, 0) is 49.9 Å². The summed E-state index contributed by atoms with van der Waals surface area (Å²) >= 11 is 0. The Hall–Kier alpha value is -1.11. The summed E-state index contributed by atoms with van der Waals surface area (Å²) in [6.45, 7) is 2.76. The largest absolute Gasteiger partial charge is 0.399 e. The summed E-state index contributed by atoms with van der Waals surface area (Å²) in [5.74, 6) is 0. The molecule has 20 heavy (non-hydrogen) atoms. The molecule has 0 aromatic heterocycles. The van der Waals surface area contributed by atoms with E-state index in [9.17, 15) is 8.42 Å². The smallest absolute Gasteiger partial charge is 0.243 e. The van der Waals surface area contributed by atoms with Crippen LogP contribution in [0.25, 0.3) is 0 Å². The number of benzene rings is 1. The Balaban J connectivity index is 1.98. The Morgan fingerprint density at radius 2 is 2.10 bits per heavy atom. The maximum absolute atomic E-state index is 12.8. The lowest BCUT2D eigenvalue weighted by Gasteiger charge is -2.36. The van der Waals surface area contributed by atoms with Gasteiger partial charge in [0, 0.05) is 12.2 Å². The van der Waals surface area contributed by atoms with Crippen LogP contribution in [0, 0.1) is 6.92 Å². The molecule has 2 unspecified atom stereocenters. The third-order valence-electron chi connectivity index (χ3n) is 4.11. The number of nitrogen functional groups attached to an aromatic ring is 1. The van der Waals surface area contributed by atoms with E-state index in [1.54, 1.807) is 22.5 Å². The molecular weight excluding hydrogens is 276 g/mol. The normalized spacial score (nSPS) is 27.4. The number of nitrogens with two attached hydrogens (primary N) is 1. The van der Waals surface area contributed by atoms with E-state index >= 15 is 0 Å². The number of hydrogen-bond donors (Lipinski definition) is 1. The minimum absolute atomic E-state index is 0.0181. The van der Waals surface area contributed by atoms with Crippen molar-refractivity contribution in [3.8, 4) is 0 Å². The van der Waals surface area contributed by atoms with Crippen LogP contribution in [0.1, 0.15) is 24.8 Å². The van der Waals surface area contributed by atoms with Crippen molar-refractivity contribution in [2.75, 3.05) is 18.9 Å². The Morgan fingerprint density at radius 1 is 1.30 bits per heavy atom. The van der Waals surface area contributed by atoms with Crippen LogP contribution in [0.4, 0.5) is 5.69 Å². The van der Waals surface area contributed by atoms with Gasteiger partial charge in [-0.15, -0.1) is 0 Å². The van der Waals surface area contributed by atoms with Gasteiger partial charge in [-0.3, -0.25) is 0 Å². The number of ether oxygens (including phenoxy) is 1. The van der Waals surface area contributed by atoms with Gasteiger partial charge in [0.25, 0.3) is 0 Å². The molecule has 6 heteroatoms. The van der Waals surface area contributed by atoms with Crippen LogP contribution < -0.4 is 5.73 Å². The van der Waals surface area contributed by atoms with Crippen molar-refractivity contribution in [1.29, 1.82) is 0 Å². The lowest BCUT2D eigenvalue weighted by Crippen LogP contribution is -2.51. The zero-order chi connectivity index (χ0) is 14.3. The molecule has 1 saturated heterocycles. The summed E-state index contributed by atoms with van der Waals surface area (Å²) in [4.78, 5) is 0.294. The van der Waals surface area contributed by atoms with Gasteiger partial charge in [0.1, 0.15) is 0 Å². The van der Waals surface area contributed by atoms with Crippen molar-refractivity contribution in [2.24, 2.45) is 0 Å². The molecular formula is C14H20N2O3S. The van der Waals surface area contributed by atoms with E-state index < -0.39 is 10.0 Å². The SMILES string of the molecule is Cc1cc(N)cc(S(=O)(=O)N2CCOC3CCCC32)c1. The molecule has 0 bridgehead atoms. The molecule has 1 saturated carbocycles. The molecule has 0 spiro atoms. The van der Waals surface area contributed by atoms with Crippen LogP contribution in [-0.4, -0.2) is 38.0 Å². The molecule has 1 aliphatic carbocycles. The van der Waals surface area contributed by atoms with Crippen molar-refractivity contribution in [3.05, 3.63) is 23.8 Å². The highest BCUT2D eigenvalue weighted by Crippen LogP contribution is 2.33. The maximum Gasteiger partial charge on any atom is 0.243 e. The fourth-order valence-electron chi connectivity index (χ4n) is 3.25. The molecule has 1 heterocycles. The molecule has 1 aromatic rings. The van der Waals surface area contributed by atoms with Crippen LogP contribution in [0.5, 0.6) is 0 Å². The Kier molecular flexibility index (Phi) is 3.48. The van der Waals surface area contributed by atoms with E-state index in [-0.39, 0.29) is 12.1 Å². The molecule has 2 aliphatic rings. The van der Waals surface area contributed by atoms with Gasteiger partial charge in [-0.2, -0.15) is 4.31 Å². The zero-order valence-electron chi connectivity index (χ0n) is 11.6. The minimum Gasteiger partial charge on any atom is -0.399 e. The molecule has 0 radical (unpaired) electrons. The number of anilines is 1. The van der Waals surface area contributed by atoms with Gasteiger partial charge in [-0.1, -0.05) is 0 Å². The molecule has 0 amide bonds.